The molecule has 1 aliphatic rings. The number of nitrogens with zero attached hydrogens (tertiary/aromatic N) is 1. The van der Waals surface area contributed by atoms with E-state index in [-0.39, 0.29) is 5.60 Å². The van der Waals surface area contributed by atoms with Gasteiger partial charge in [0.15, 0.2) is 0 Å². The molecule has 0 spiro atoms. The van der Waals surface area contributed by atoms with E-state index in [1.54, 1.807) is 6.08 Å². The van der Waals surface area contributed by atoms with Crippen LogP contribution in [0.1, 0.15) is 13.8 Å². The quantitative estimate of drug-likeness (QED) is 0.696. The fourth-order valence-corrected chi connectivity index (χ4v) is 1.72. The van der Waals surface area contributed by atoms with Gasteiger partial charge in [0.05, 0.1) is 12.2 Å². The molecule has 0 bridgehead atoms. The minimum absolute atomic E-state index is 0.320. The number of hydrogen-bond donors (Lipinski definition) is 0. The molecule has 0 aromatic heterocycles. The lowest BCUT2D eigenvalue weighted by atomic mass is 9.96. The molecule has 0 unspecified atom stereocenters. The largest absolute Gasteiger partial charge is 0.370 e. The first-order chi connectivity index (χ1) is 8.01. The van der Waals surface area contributed by atoms with Crippen molar-refractivity contribution >= 4 is 11.6 Å². The number of allylic oxidation sites excluding steroid dienone is 3. The maximum absolute atomic E-state index is 5.74. The predicted octanol–water partition coefficient (Wildman–Crippen LogP) is 3.48. The van der Waals surface area contributed by atoms with Crippen LogP contribution >= 0.6 is 11.6 Å². The Balaban J connectivity index is 2.82. The van der Waals surface area contributed by atoms with Crippen molar-refractivity contribution in [3.8, 4) is 0 Å². The van der Waals surface area contributed by atoms with Crippen molar-refractivity contribution in [2.75, 3.05) is 19.5 Å². The first-order valence-electron chi connectivity index (χ1n) is 5.67. The van der Waals surface area contributed by atoms with Gasteiger partial charge in [-0.2, -0.15) is 0 Å². The number of hydrogen-bond acceptors (Lipinski definition) is 2. The van der Waals surface area contributed by atoms with E-state index in [1.165, 1.54) is 0 Å². The molecular weight excluding hydrogens is 234 g/mol. The first kappa shape index (κ1) is 14.1. The zero-order valence-electron chi connectivity index (χ0n) is 10.7. The average Bonchev–Trinajstić information content (AvgIpc) is 2.29. The lowest BCUT2D eigenvalue weighted by Gasteiger charge is -2.31. The fraction of sp³-hybridized carbons (Fsp3) is 0.429. The van der Waals surface area contributed by atoms with Gasteiger partial charge in [-0.3, -0.25) is 0 Å². The highest BCUT2D eigenvalue weighted by Gasteiger charge is 2.24. The van der Waals surface area contributed by atoms with Gasteiger partial charge in [-0.05, 0) is 31.6 Å². The van der Waals surface area contributed by atoms with Crippen LogP contribution in [-0.4, -0.2) is 30.0 Å². The molecule has 0 N–H and O–H groups in total. The number of halogens is 1. The van der Waals surface area contributed by atoms with Crippen LogP contribution in [0.5, 0.6) is 0 Å². The van der Waals surface area contributed by atoms with E-state index in [4.69, 9.17) is 16.3 Å². The minimum Gasteiger partial charge on any atom is -0.370 e. The number of ether oxygens (including phenoxy) is 1. The molecular formula is C14H20ClNO. The van der Waals surface area contributed by atoms with Gasteiger partial charge in [-0.15, -0.1) is 11.6 Å². The zero-order valence-corrected chi connectivity index (χ0v) is 11.5. The van der Waals surface area contributed by atoms with E-state index >= 15 is 0 Å². The van der Waals surface area contributed by atoms with Gasteiger partial charge in [0.25, 0.3) is 0 Å². The third-order valence-electron chi connectivity index (χ3n) is 2.70. The lowest BCUT2D eigenvalue weighted by Crippen LogP contribution is -2.30. The van der Waals surface area contributed by atoms with Crippen LogP contribution < -0.4 is 0 Å². The van der Waals surface area contributed by atoms with Crippen molar-refractivity contribution < 1.29 is 4.74 Å². The van der Waals surface area contributed by atoms with Gasteiger partial charge in [0.1, 0.15) is 0 Å². The van der Waals surface area contributed by atoms with Crippen LogP contribution in [0, 0.1) is 0 Å². The maximum atomic E-state index is 5.74. The van der Waals surface area contributed by atoms with Crippen molar-refractivity contribution in [3.63, 3.8) is 0 Å². The molecule has 0 aromatic carbocycles. The van der Waals surface area contributed by atoms with E-state index in [1.807, 2.05) is 27.0 Å². The van der Waals surface area contributed by atoms with Crippen LogP contribution in [0.3, 0.4) is 0 Å². The van der Waals surface area contributed by atoms with E-state index in [2.05, 4.69) is 29.8 Å². The topological polar surface area (TPSA) is 12.5 Å². The smallest absolute Gasteiger partial charge is 0.0889 e. The van der Waals surface area contributed by atoms with Crippen LogP contribution in [0.25, 0.3) is 0 Å². The Hall–Kier alpha value is -0.990. The third-order valence-corrected chi connectivity index (χ3v) is 2.85. The summed E-state index contributed by atoms with van der Waals surface area (Å²) >= 11 is 5.65. The average molecular weight is 254 g/mol. The molecule has 0 amide bonds. The van der Waals surface area contributed by atoms with Gasteiger partial charge in [0, 0.05) is 24.8 Å². The standard InChI is InChI=1S/C14H20ClNO/c1-5-6-13-8-7-12(11-16(13)4)14(2,3)17-10-9-15/h5-8,11H,1,9-10H2,2-4H3/b13-6-. The van der Waals surface area contributed by atoms with Crippen LogP contribution in [0.2, 0.25) is 0 Å². The summed E-state index contributed by atoms with van der Waals surface area (Å²) in [6.07, 6.45) is 9.95. The Kier molecular flexibility index (Phi) is 5.03. The normalized spacial score (nSPS) is 18.5. The molecule has 1 rings (SSSR count). The summed E-state index contributed by atoms with van der Waals surface area (Å²) in [4.78, 5) is 2.06. The second-order valence-corrected chi connectivity index (χ2v) is 4.78. The zero-order chi connectivity index (χ0) is 12.9. The van der Waals surface area contributed by atoms with Crippen LogP contribution in [0.4, 0.5) is 0 Å². The van der Waals surface area contributed by atoms with Crippen LogP contribution in [0.15, 0.2) is 48.4 Å². The van der Waals surface area contributed by atoms with Gasteiger partial charge >= 0.3 is 0 Å². The molecule has 2 nitrogen and oxygen atoms in total. The summed E-state index contributed by atoms with van der Waals surface area (Å²) in [5.74, 6) is 0.512. The predicted molar refractivity (Wildman–Crippen MR) is 74.0 cm³/mol. The van der Waals surface area contributed by atoms with E-state index in [0.29, 0.717) is 12.5 Å². The Morgan fingerprint density at radius 1 is 1.47 bits per heavy atom. The molecule has 0 fully saturated rings. The SMILES string of the molecule is C=C/C=C1/C=CC(C(C)(C)OCCCl)=CN1C. The molecule has 94 valence electrons. The molecule has 0 saturated carbocycles. The lowest BCUT2D eigenvalue weighted by molar-refractivity contribution is 0.0220. The Morgan fingerprint density at radius 3 is 2.71 bits per heavy atom. The first-order valence-corrected chi connectivity index (χ1v) is 6.20. The van der Waals surface area contributed by atoms with Crippen molar-refractivity contribution in [1.82, 2.24) is 4.90 Å². The fourth-order valence-electron chi connectivity index (χ4n) is 1.65. The molecule has 0 atom stereocenters. The van der Waals surface area contributed by atoms with E-state index in [0.717, 1.165) is 11.3 Å². The summed E-state index contributed by atoms with van der Waals surface area (Å²) in [7, 11) is 2.01. The second kappa shape index (κ2) is 6.08. The molecule has 0 aromatic rings. The summed E-state index contributed by atoms with van der Waals surface area (Å²) in [5.41, 5.74) is 1.92. The van der Waals surface area contributed by atoms with Gasteiger partial charge in [-0.25, -0.2) is 0 Å². The van der Waals surface area contributed by atoms with Crippen LogP contribution in [-0.2, 0) is 4.74 Å². The van der Waals surface area contributed by atoms with Crippen molar-refractivity contribution in [3.05, 3.63) is 48.4 Å². The summed E-state index contributed by atoms with van der Waals surface area (Å²) in [6.45, 7) is 8.35. The third kappa shape index (κ3) is 3.76. The number of alkyl halides is 1. The van der Waals surface area contributed by atoms with Crippen molar-refractivity contribution in [2.24, 2.45) is 0 Å². The second-order valence-electron chi connectivity index (χ2n) is 4.40. The van der Waals surface area contributed by atoms with E-state index in [9.17, 15) is 0 Å². The summed E-state index contributed by atoms with van der Waals surface area (Å²) in [5, 5.41) is 0. The van der Waals surface area contributed by atoms with Gasteiger partial charge in [0.2, 0.25) is 0 Å². The Bertz CT molecular complexity index is 366. The monoisotopic (exact) mass is 253 g/mol. The van der Waals surface area contributed by atoms with Gasteiger partial charge < -0.3 is 9.64 Å². The molecule has 0 aliphatic carbocycles. The Labute approximate surface area is 109 Å². The summed E-state index contributed by atoms with van der Waals surface area (Å²) in [6, 6.07) is 0. The molecule has 0 radical (unpaired) electrons. The molecule has 3 heteroatoms. The molecule has 0 saturated heterocycles. The summed E-state index contributed by atoms with van der Waals surface area (Å²) < 4.78 is 5.74. The highest BCUT2D eigenvalue weighted by atomic mass is 35.5. The maximum Gasteiger partial charge on any atom is 0.0889 e. The highest BCUT2D eigenvalue weighted by molar-refractivity contribution is 6.17. The molecule has 1 aliphatic heterocycles. The molecule has 1 heterocycles. The van der Waals surface area contributed by atoms with Crippen molar-refractivity contribution in [2.45, 2.75) is 19.4 Å². The Morgan fingerprint density at radius 2 is 2.18 bits per heavy atom. The highest BCUT2D eigenvalue weighted by Crippen LogP contribution is 2.27. The minimum atomic E-state index is -0.320. The molecule has 17 heavy (non-hydrogen) atoms. The van der Waals surface area contributed by atoms with Crippen molar-refractivity contribution in [1.29, 1.82) is 0 Å². The van der Waals surface area contributed by atoms with E-state index < -0.39 is 0 Å². The number of likely N-dealkylation sites (N-methyl/N-ethyl adjacent to an activating group) is 1. The number of rotatable bonds is 5. The van der Waals surface area contributed by atoms with Gasteiger partial charge in [-0.1, -0.05) is 18.7 Å².